The third-order valence-corrected chi connectivity index (χ3v) is 4.34. The summed E-state index contributed by atoms with van der Waals surface area (Å²) in [6.07, 6.45) is 8.59. The fourth-order valence-electron chi connectivity index (χ4n) is 2.79. The van der Waals surface area contributed by atoms with Crippen LogP contribution in [-0.4, -0.2) is 22.6 Å². The Morgan fingerprint density at radius 2 is 1.97 bits per heavy atom. The Balaban J connectivity index is 1.55. The van der Waals surface area contributed by atoms with E-state index in [1.54, 1.807) is 24.4 Å². The fourth-order valence-corrected chi connectivity index (χ4v) is 2.79. The number of ether oxygens (including phenoxy) is 1. The maximum absolute atomic E-state index is 14.3. The minimum Gasteiger partial charge on any atom is -0.453 e. The first-order valence-corrected chi connectivity index (χ1v) is 9.70. The third kappa shape index (κ3) is 6.53. The standard InChI is InChI=1S/C24H23FN2O3/c25-22-16-19(8-12-23(22)30-21-5-3-14-26-17-21)9-13-24(29)27-20-10-6-18(7-11-20)4-1-2-15-28/h3,5-14,16-17,28H,1-2,4,15H2,(H,27,29)/b13-9+. The van der Waals surface area contributed by atoms with Crippen LogP contribution in [0.15, 0.2) is 73.1 Å². The lowest BCUT2D eigenvalue weighted by atomic mass is 10.1. The number of aryl methyl sites for hydroxylation is 1. The van der Waals surface area contributed by atoms with Crippen molar-refractivity contribution in [2.45, 2.75) is 19.3 Å². The van der Waals surface area contributed by atoms with Gasteiger partial charge in [-0.3, -0.25) is 9.78 Å². The van der Waals surface area contributed by atoms with Gasteiger partial charge in [-0.15, -0.1) is 0 Å². The molecule has 1 amide bonds. The molecule has 3 rings (SSSR count). The molecule has 5 nitrogen and oxygen atoms in total. The molecule has 2 aromatic carbocycles. The van der Waals surface area contributed by atoms with Gasteiger partial charge in [0.25, 0.3) is 0 Å². The van der Waals surface area contributed by atoms with E-state index in [0.29, 0.717) is 17.0 Å². The molecule has 0 bridgehead atoms. The third-order valence-electron chi connectivity index (χ3n) is 4.34. The van der Waals surface area contributed by atoms with Gasteiger partial charge < -0.3 is 15.2 Å². The number of amides is 1. The minimum absolute atomic E-state index is 0.0867. The van der Waals surface area contributed by atoms with E-state index in [4.69, 9.17) is 9.84 Å². The van der Waals surface area contributed by atoms with Gasteiger partial charge in [-0.2, -0.15) is 0 Å². The molecule has 0 aliphatic heterocycles. The average Bonchev–Trinajstić information content (AvgIpc) is 2.76. The molecule has 0 aliphatic rings. The van der Waals surface area contributed by atoms with Crippen molar-refractivity contribution in [1.29, 1.82) is 0 Å². The maximum Gasteiger partial charge on any atom is 0.248 e. The van der Waals surface area contributed by atoms with Gasteiger partial charge in [0.2, 0.25) is 5.91 Å². The second kappa shape index (κ2) is 10.9. The zero-order chi connectivity index (χ0) is 21.2. The largest absolute Gasteiger partial charge is 0.453 e. The van der Waals surface area contributed by atoms with E-state index >= 15 is 0 Å². The molecule has 0 saturated heterocycles. The Morgan fingerprint density at radius 3 is 2.67 bits per heavy atom. The van der Waals surface area contributed by atoms with Gasteiger partial charge in [-0.1, -0.05) is 18.2 Å². The first-order valence-electron chi connectivity index (χ1n) is 9.70. The molecular weight excluding hydrogens is 383 g/mol. The minimum atomic E-state index is -0.529. The second-order valence-electron chi connectivity index (χ2n) is 6.68. The molecule has 154 valence electrons. The monoisotopic (exact) mass is 406 g/mol. The van der Waals surface area contributed by atoms with Crippen LogP contribution in [0.5, 0.6) is 11.5 Å². The van der Waals surface area contributed by atoms with Crippen LogP contribution in [0.25, 0.3) is 6.08 Å². The number of aliphatic hydroxyl groups excluding tert-OH is 1. The van der Waals surface area contributed by atoms with Gasteiger partial charge in [-0.05, 0) is 72.9 Å². The molecule has 1 aromatic heterocycles. The maximum atomic E-state index is 14.3. The number of nitrogens with zero attached hydrogens (tertiary/aromatic N) is 1. The number of hydrogen-bond acceptors (Lipinski definition) is 4. The lowest BCUT2D eigenvalue weighted by Gasteiger charge is -2.07. The normalized spacial score (nSPS) is 10.9. The number of unbranched alkanes of at least 4 members (excludes halogenated alkanes) is 1. The molecule has 0 aliphatic carbocycles. The number of hydrogen-bond donors (Lipinski definition) is 2. The zero-order valence-corrected chi connectivity index (χ0v) is 16.4. The van der Waals surface area contributed by atoms with Crippen LogP contribution in [-0.2, 0) is 11.2 Å². The fraction of sp³-hybridized carbons (Fsp3) is 0.167. The number of pyridine rings is 1. The quantitative estimate of drug-likeness (QED) is 0.388. The molecule has 0 fully saturated rings. The zero-order valence-electron chi connectivity index (χ0n) is 16.4. The van der Waals surface area contributed by atoms with Crippen LogP contribution in [0.1, 0.15) is 24.0 Å². The van der Waals surface area contributed by atoms with Crippen molar-refractivity contribution >= 4 is 17.7 Å². The van der Waals surface area contributed by atoms with Gasteiger partial charge in [0.15, 0.2) is 11.6 Å². The SMILES string of the molecule is O=C(/C=C/c1ccc(Oc2cccnc2)c(F)c1)Nc1ccc(CCCCO)cc1. The Bertz CT molecular complexity index is 989. The van der Waals surface area contributed by atoms with E-state index in [2.05, 4.69) is 10.3 Å². The molecule has 0 atom stereocenters. The van der Waals surface area contributed by atoms with Crippen LogP contribution in [0.4, 0.5) is 10.1 Å². The molecule has 0 unspecified atom stereocenters. The van der Waals surface area contributed by atoms with Crippen molar-refractivity contribution in [3.05, 3.63) is 90.0 Å². The Morgan fingerprint density at radius 1 is 1.13 bits per heavy atom. The molecule has 6 heteroatoms. The van der Waals surface area contributed by atoms with Gasteiger partial charge in [-0.25, -0.2) is 4.39 Å². The van der Waals surface area contributed by atoms with Crippen molar-refractivity contribution in [2.24, 2.45) is 0 Å². The molecule has 2 N–H and O–H groups in total. The smallest absolute Gasteiger partial charge is 0.248 e. The van der Waals surface area contributed by atoms with Gasteiger partial charge >= 0.3 is 0 Å². The molecular formula is C24H23FN2O3. The van der Waals surface area contributed by atoms with Crippen LogP contribution in [0.2, 0.25) is 0 Å². The lowest BCUT2D eigenvalue weighted by Crippen LogP contribution is -2.07. The van der Waals surface area contributed by atoms with Crippen LogP contribution in [0.3, 0.4) is 0 Å². The molecule has 0 spiro atoms. The highest BCUT2D eigenvalue weighted by Gasteiger charge is 2.06. The van der Waals surface area contributed by atoms with Crippen molar-refractivity contribution in [1.82, 2.24) is 4.98 Å². The summed E-state index contributed by atoms with van der Waals surface area (Å²) in [6, 6.07) is 15.4. The Labute approximate surface area is 174 Å². The molecule has 0 radical (unpaired) electrons. The van der Waals surface area contributed by atoms with Crippen molar-refractivity contribution in [3.8, 4) is 11.5 Å². The number of halogens is 1. The van der Waals surface area contributed by atoms with Crippen molar-refractivity contribution in [2.75, 3.05) is 11.9 Å². The summed E-state index contributed by atoms with van der Waals surface area (Å²) >= 11 is 0. The van der Waals surface area contributed by atoms with Crippen LogP contribution in [0, 0.1) is 5.82 Å². The first kappa shape index (κ1) is 21.2. The molecule has 3 aromatic rings. The van der Waals surface area contributed by atoms with E-state index < -0.39 is 5.82 Å². The van der Waals surface area contributed by atoms with E-state index in [0.717, 1.165) is 24.8 Å². The summed E-state index contributed by atoms with van der Waals surface area (Å²) in [5.74, 6) is -0.306. The summed E-state index contributed by atoms with van der Waals surface area (Å²) in [5.41, 5.74) is 2.38. The topological polar surface area (TPSA) is 71.5 Å². The Hall–Kier alpha value is -3.51. The van der Waals surface area contributed by atoms with E-state index in [-0.39, 0.29) is 18.3 Å². The summed E-state index contributed by atoms with van der Waals surface area (Å²) in [4.78, 5) is 16.0. The van der Waals surface area contributed by atoms with Crippen molar-refractivity contribution in [3.63, 3.8) is 0 Å². The number of aliphatic hydroxyl groups is 1. The van der Waals surface area contributed by atoms with Crippen molar-refractivity contribution < 1.29 is 19.0 Å². The molecule has 0 saturated carbocycles. The van der Waals surface area contributed by atoms with Crippen LogP contribution < -0.4 is 10.1 Å². The Kier molecular flexibility index (Phi) is 7.69. The predicted octanol–water partition coefficient (Wildman–Crippen LogP) is 4.98. The highest BCUT2D eigenvalue weighted by atomic mass is 19.1. The van der Waals surface area contributed by atoms with Gasteiger partial charge in [0, 0.05) is 24.6 Å². The number of aromatic nitrogens is 1. The summed E-state index contributed by atoms with van der Waals surface area (Å²) in [6.45, 7) is 0.199. The number of benzene rings is 2. The van der Waals surface area contributed by atoms with Crippen LogP contribution >= 0.6 is 0 Å². The molecule has 1 heterocycles. The van der Waals surface area contributed by atoms with E-state index in [1.165, 1.54) is 30.5 Å². The summed E-state index contributed by atoms with van der Waals surface area (Å²) in [5, 5.41) is 11.6. The van der Waals surface area contributed by atoms with Gasteiger partial charge in [0.05, 0.1) is 6.20 Å². The highest BCUT2D eigenvalue weighted by molar-refractivity contribution is 6.01. The van der Waals surface area contributed by atoms with Gasteiger partial charge in [0.1, 0.15) is 5.75 Å². The highest BCUT2D eigenvalue weighted by Crippen LogP contribution is 2.24. The van der Waals surface area contributed by atoms with E-state index in [1.807, 2.05) is 24.3 Å². The predicted molar refractivity (Wildman–Crippen MR) is 115 cm³/mol. The average molecular weight is 406 g/mol. The number of carbonyl (C=O) groups excluding carboxylic acids is 1. The summed E-state index contributed by atoms with van der Waals surface area (Å²) in [7, 11) is 0. The first-order chi connectivity index (χ1) is 14.6. The second-order valence-corrected chi connectivity index (χ2v) is 6.68. The number of rotatable bonds is 9. The molecule has 30 heavy (non-hydrogen) atoms. The summed E-state index contributed by atoms with van der Waals surface area (Å²) < 4.78 is 19.7. The number of carbonyl (C=O) groups is 1. The number of anilines is 1. The van der Waals surface area contributed by atoms with E-state index in [9.17, 15) is 9.18 Å². The number of nitrogens with one attached hydrogen (secondary N) is 1. The lowest BCUT2D eigenvalue weighted by molar-refractivity contribution is -0.111.